The van der Waals surface area contributed by atoms with Gasteiger partial charge >= 0.3 is 0 Å². The second-order valence-electron chi connectivity index (χ2n) is 7.34. The summed E-state index contributed by atoms with van der Waals surface area (Å²) in [5.74, 6) is 0.568. The lowest BCUT2D eigenvalue weighted by Crippen LogP contribution is -2.45. The summed E-state index contributed by atoms with van der Waals surface area (Å²) in [4.78, 5) is 31.1. The van der Waals surface area contributed by atoms with E-state index in [2.05, 4.69) is 10.3 Å². The molecule has 0 bridgehead atoms. The van der Waals surface area contributed by atoms with E-state index in [9.17, 15) is 9.59 Å². The van der Waals surface area contributed by atoms with Gasteiger partial charge in [0.2, 0.25) is 11.8 Å². The summed E-state index contributed by atoms with van der Waals surface area (Å²) in [7, 11) is 0. The van der Waals surface area contributed by atoms with E-state index in [1.807, 2.05) is 17.0 Å². The standard InChI is InChI=1S/C18H23N3O2/c22-16(20-10-13-3-1-8-19-9-13)15-11-21(17(23)14-4-5-14)12-18(15)6-2-7-18/h1,3,8-9,14-15H,2,4-7,10-12H2,(H,20,22). The minimum atomic E-state index is -0.0457. The monoisotopic (exact) mass is 313 g/mol. The van der Waals surface area contributed by atoms with Gasteiger partial charge in [-0.1, -0.05) is 12.5 Å². The number of pyridine rings is 1. The van der Waals surface area contributed by atoms with Gasteiger partial charge in [0.1, 0.15) is 0 Å². The Hall–Kier alpha value is -1.91. The van der Waals surface area contributed by atoms with Crippen molar-refractivity contribution in [3.63, 3.8) is 0 Å². The molecule has 1 aromatic rings. The molecule has 3 fully saturated rings. The van der Waals surface area contributed by atoms with E-state index < -0.39 is 0 Å². The molecule has 5 nitrogen and oxygen atoms in total. The van der Waals surface area contributed by atoms with Gasteiger partial charge in [-0.2, -0.15) is 0 Å². The molecule has 1 saturated heterocycles. The molecule has 1 atom stereocenters. The first kappa shape index (κ1) is 14.7. The zero-order valence-corrected chi connectivity index (χ0v) is 13.3. The van der Waals surface area contributed by atoms with E-state index in [0.29, 0.717) is 13.1 Å². The average molecular weight is 313 g/mol. The first-order valence-electron chi connectivity index (χ1n) is 8.63. The van der Waals surface area contributed by atoms with Crippen molar-refractivity contribution in [1.82, 2.24) is 15.2 Å². The van der Waals surface area contributed by atoms with Crippen molar-refractivity contribution in [2.45, 2.75) is 38.6 Å². The van der Waals surface area contributed by atoms with Crippen molar-refractivity contribution in [2.24, 2.45) is 17.3 Å². The number of carbonyl (C=O) groups excluding carboxylic acids is 2. The number of amides is 2. The maximum absolute atomic E-state index is 12.7. The predicted octanol–water partition coefficient (Wildman–Crippen LogP) is 1.74. The van der Waals surface area contributed by atoms with Gasteiger partial charge in [0.15, 0.2) is 0 Å². The Balaban J connectivity index is 1.41. The topological polar surface area (TPSA) is 62.3 Å². The molecule has 1 aliphatic heterocycles. The summed E-state index contributed by atoms with van der Waals surface area (Å²) in [6.45, 7) is 1.90. The van der Waals surface area contributed by atoms with Crippen LogP contribution in [0.4, 0.5) is 0 Å². The van der Waals surface area contributed by atoms with Crippen LogP contribution in [-0.4, -0.2) is 34.8 Å². The number of hydrogen-bond acceptors (Lipinski definition) is 3. The van der Waals surface area contributed by atoms with Crippen LogP contribution in [0.1, 0.15) is 37.7 Å². The Morgan fingerprint density at radius 3 is 2.78 bits per heavy atom. The van der Waals surface area contributed by atoms with Gasteiger partial charge in [-0.05, 0) is 37.3 Å². The van der Waals surface area contributed by atoms with Crippen molar-refractivity contribution >= 4 is 11.8 Å². The molecular formula is C18H23N3O2. The van der Waals surface area contributed by atoms with Crippen molar-refractivity contribution in [3.05, 3.63) is 30.1 Å². The second-order valence-corrected chi connectivity index (χ2v) is 7.34. The lowest BCUT2D eigenvalue weighted by atomic mass is 9.62. The summed E-state index contributed by atoms with van der Waals surface area (Å²) in [5, 5.41) is 3.05. The highest BCUT2D eigenvalue weighted by Crippen LogP contribution is 2.52. The maximum atomic E-state index is 12.7. The van der Waals surface area contributed by atoms with Gasteiger partial charge in [0.05, 0.1) is 5.92 Å². The van der Waals surface area contributed by atoms with E-state index in [1.165, 1.54) is 6.42 Å². The van der Waals surface area contributed by atoms with Crippen LogP contribution in [0.2, 0.25) is 0 Å². The minimum absolute atomic E-state index is 0.0452. The smallest absolute Gasteiger partial charge is 0.225 e. The Morgan fingerprint density at radius 2 is 2.17 bits per heavy atom. The van der Waals surface area contributed by atoms with Crippen LogP contribution in [0.5, 0.6) is 0 Å². The molecule has 1 aromatic heterocycles. The molecule has 1 N–H and O–H groups in total. The molecule has 2 aliphatic carbocycles. The molecule has 122 valence electrons. The molecule has 5 heteroatoms. The number of rotatable bonds is 4. The zero-order valence-electron chi connectivity index (χ0n) is 13.3. The summed E-state index contributed by atoms with van der Waals surface area (Å²) in [6, 6.07) is 3.84. The molecule has 1 spiro atoms. The van der Waals surface area contributed by atoms with E-state index >= 15 is 0 Å². The summed E-state index contributed by atoms with van der Waals surface area (Å²) >= 11 is 0. The summed E-state index contributed by atoms with van der Waals surface area (Å²) < 4.78 is 0. The second kappa shape index (κ2) is 5.62. The van der Waals surface area contributed by atoms with Crippen molar-refractivity contribution in [3.8, 4) is 0 Å². The summed E-state index contributed by atoms with van der Waals surface area (Å²) in [5.41, 5.74) is 1.05. The Kier molecular flexibility index (Phi) is 3.58. The van der Waals surface area contributed by atoms with Gasteiger partial charge in [0, 0.05) is 43.4 Å². The highest BCUT2D eigenvalue weighted by atomic mass is 16.2. The molecular weight excluding hydrogens is 290 g/mol. The number of nitrogens with zero attached hydrogens (tertiary/aromatic N) is 2. The van der Waals surface area contributed by atoms with Crippen molar-refractivity contribution in [2.75, 3.05) is 13.1 Å². The quantitative estimate of drug-likeness (QED) is 0.921. The largest absolute Gasteiger partial charge is 0.352 e. The Bertz CT molecular complexity index is 608. The Morgan fingerprint density at radius 1 is 1.35 bits per heavy atom. The number of carbonyl (C=O) groups is 2. The molecule has 1 unspecified atom stereocenters. The normalized spacial score (nSPS) is 25.2. The number of hydrogen-bond donors (Lipinski definition) is 1. The van der Waals surface area contributed by atoms with Crippen molar-refractivity contribution in [1.29, 1.82) is 0 Å². The van der Waals surface area contributed by atoms with Gasteiger partial charge in [-0.3, -0.25) is 14.6 Å². The molecule has 2 amide bonds. The van der Waals surface area contributed by atoms with Crippen LogP contribution in [0, 0.1) is 17.3 Å². The fraction of sp³-hybridized carbons (Fsp3) is 0.611. The van der Waals surface area contributed by atoms with E-state index in [1.54, 1.807) is 12.4 Å². The van der Waals surface area contributed by atoms with E-state index in [4.69, 9.17) is 0 Å². The fourth-order valence-corrected chi connectivity index (χ4v) is 4.04. The Labute approximate surface area is 136 Å². The third kappa shape index (κ3) is 2.73. The van der Waals surface area contributed by atoms with Crippen LogP contribution in [0.25, 0.3) is 0 Å². The van der Waals surface area contributed by atoms with Gasteiger partial charge in [0.25, 0.3) is 0 Å². The fourth-order valence-electron chi connectivity index (χ4n) is 4.04. The van der Waals surface area contributed by atoms with Crippen molar-refractivity contribution < 1.29 is 9.59 Å². The average Bonchev–Trinajstić information content (AvgIpc) is 3.30. The number of aromatic nitrogens is 1. The highest BCUT2D eigenvalue weighted by molar-refractivity contribution is 5.85. The number of nitrogens with one attached hydrogen (secondary N) is 1. The molecule has 4 rings (SSSR count). The van der Waals surface area contributed by atoms with Gasteiger partial charge in [-0.15, -0.1) is 0 Å². The third-order valence-corrected chi connectivity index (χ3v) is 5.74. The van der Waals surface area contributed by atoms with E-state index in [-0.39, 0.29) is 29.1 Å². The van der Waals surface area contributed by atoms with Crippen LogP contribution in [0.15, 0.2) is 24.5 Å². The van der Waals surface area contributed by atoms with Crippen LogP contribution >= 0.6 is 0 Å². The minimum Gasteiger partial charge on any atom is -0.352 e. The molecule has 3 aliphatic rings. The molecule has 2 saturated carbocycles. The number of likely N-dealkylation sites (tertiary alicyclic amines) is 1. The van der Waals surface area contributed by atoms with E-state index in [0.717, 1.165) is 37.8 Å². The summed E-state index contributed by atoms with van der Waals surface area (Å²) in [6.07, 6.45) is 8.89. The van der Waals surface area contributed by atoms with Crippen LogP contribution < -0.4 is 5.32 Å². The lowest BCUT2D eigenvalue weighted by molar-refractivity contribution is -0.132. The first-order chi connectivity index (χ1) is 11.2. The third-order valence-electron chi connectivity index (χ3n) is 5.74. The highest BCUT2D eigenvalue weighted by Gasteiger charge is 2.55. The van der Waals surface area contributed by atoms with Crippen LogP contribution in [-0.2, 0) is 16.1 Å². The zero-order chi connectivity index (χ0) is 15.9. The van der Waals surface area contributed by atoms with Crippen LogP contribution in [0.3, 0.4) is 0 Å². The predicted molar refractivity (Wildman–Crippen MR) is 85.2 cm³/mol. The maximum Gasteiger partial charge on any atom is 0.225 e. The molecule has 2 heterocycles. The molecule has 0 aromatic carbocycles. The first-order valence-corrected chi connectivity index (χ1v) is 8.63. The SMILES string of the molecule is O=C(NCc1cccnc1)C1CN(C(=O)C2CC2)CC12CCC2. The lowest BCUT2D eigenvalue weighted by Gasteiger charge is -2.41. The van der Waals surface area contributed by atoms with Gasteiger partial charge < -0.3 is 10.2 Å². The van der Waals surface area contributed by atoms with Gasteiger partial charge in [-0.25, -0.2) is 0 Å². The molecule has 0 radical (unpaired) electrons. The molecule has 23 heavy (non-hydrogen) atoms.